The molecule has 1 aromatic rings. The summed E-state index contributed by atoms with van der Waals surface area (Å²) in [6.45, 7) is 6.69. The van der Waals surface area contributed by atoms with Gasteiger partial charge in [0, 0.05) is 4.47 Å². The van der Waals surface area contributed by atoms with Crippen LogP contribution in [0.15, 0.2) is 22.7 Å². The fourth-order valence-electron chi connectivity index (χ4n) is 1.17. The van der Waals surface area contributed by atoms with Crippen molar-refractivity contribution in [2.75, 3.05) is 0 Å². The summed E-state index contributed by atoms with van der Waals surface area (Å²) in [6, 6.07) is 6.56. The summed E-state index contributed by atoms with van der Waals surface area (Å²) in [5.74, 6) is 0. The van der Waals surface area contributed by atoms with E-state index in [0.29, 0.717) is 0 Å². The first kappa shape index (κ1) is 9.85. The molecule has 0 radical (unpaired) electrons. The lowest BCUT2D eigenvalue weighted by Crippen LogP contribution is -2.15. The molecule has 0 aliphatic carbocycles. The van der Waals surface area contributed by atoms with Crippen molar-refractivity contribution in [2.24, 2.45) is 0 Å². The molecule has 0 saturated carbocycles. The van der Waals surface area contributed by atoms with E-state index in [1.807, 2.05) is 0 Å². The maximum Gasteiger partial charge on any atom is 0.139 e. The van der Waals surface area contributed by atoms with Crippen LogP contribution >= 0.6 is 15.9 Å². The first-order valence-corrected chi connectivity index (χ1v) is 4.96. The van der Waals surface area contributed by atoms with Crippen molar-refractivity contribution in [1.29, 1.82) is 0 Å². The van der Waals surface area contributed by atoms with Crippen molar-refractivity contribution in [3.63, 3.8) is 0 Å². The number of hydrogen-bond donors (Lipinski definition) is 0. The minimum Gasteiger partial charge on any atom is -0.0876 e. The molecule has 1 aromatic carbocycles. The van der Waals surface area contributed by atoms with Crippen LogP contribution in [0.1, 0.15) is 26.3 Å². The third-order valence-corrected chi connectivity index (χ3v) is 2.37. The third kappa shape index (κ3) is 2.38. The van der Waals surface area contributed by atoms with Gasteiger partial charge < -0.3 is 0 Å². The molecule has 0 spiro atoms. The molecule has 0 aliphatic heterocycles. The van der Waals surface area contributed by atoms with Crippen LogP contribution < -0.4 is 5.46 Å². The van der Waals surface area contributed by atoms with Gasteiger partial charge in [-0.25, -0.2) is 0 Å². The minimum absolute atomic E-state index is 0.245. The molecule has 12 heavy (non-hydrogen) atoms. The van der Waals surface area contributed by atoms with Gasteiger partial charge in [0.05, 0.1) is 0 Å². The molecule has 0 bridgehead atoms. The summed E-state index contributed by atoms with van der Waals surface area (Å²) in [7, 11) is 2.12. The van der Waals surface area contributed by atoms with Gasteiger partial charge in [-0.3, -0.25) is 0 Å². The number of benzene rings is 1. The maximum atomic E-state index is 3.51. The van der Waals surface area contributed by atoms with Gasteiger partial charge in [0.15, 0.2) is 0 Å². The third-order valence-electron chi connectivity index (χ3n) is 1.91. The molecular weight excluding hydrogens is 211 g/mol. The molecule has 0 aliphatic rings. The molecule has 0 N–H and O–H groups in total. The normalized spacial score (nSPS) is 11.7. The van der Waals surface area contributed by atoms with Crippen molar-refractivity contribution in [2.45, 2.75) is 26.2 Å². The highest BCUT2D eigenvalue weighted by molar-refractivity contribution is 9.10. The van der Waals surface area contributed by atoms with Crippen molar-refractivity contribution >= 4 is 29.2 Å². The zero-order valence-electron chi connectivity index (χ0n) is 8.11. The first-order valence-electron chi connectivity index (χ1n) is 4.17. The van der Waals surface area contributed by atoms with Gasteiger partial charge in [0.25, 0.3) is 0 Å². The van der Waals surface area contributed by atoms with Crippen LogP contribution in [0.5, 0.6) is 0 Å². The van der Waals surface area contributed by atoms with E-state index in [9.17, 15) is 0 Å². The highest BCUT2D eigenvalue weighted by atomic mass is 79.9. The molecule has 64 valence electrons. The highest BCUT2D eigenvalue weighted by Crippen LogP contribution is 2.23. The van der Waals surface area contributed by atoms with Crippen LogP contribution in [0.3, 0.4) is 0 Å². The van der Waals surface area contributed by atoms with Crippen LogP contribution in [0, 0.1) is 0 Å². The molecule has 2 heteroatoms. The van der Waals surface area contributed by atoms with Crippen LogP contribution in [-0.4, -0.2) is 7.85 Å². The first-order chi connectivity index (χ1) is 5.39. The van der Waals surface area contributed by atoms with E-state index in [2.05, 4.69) is 62.7 Å². The average Bonchev–Trinajstić information content (AvgIpc) is 1.82. The minimum atomic E-state index is 0.245. The topological polar surface area (TPSA) is 0 Å². The van der Waals surface area contributed by atoms with E-state index in [1.54, 1.807) is 0 Å². The molecular formula is C10H14BBr. The monoisotopic (exact) mass is 224 g/mol. The van der Waals surface area contributed by atoms with Gasteiger partial charge in [-0.1, -0.05) is 54.3 Å². The standard InChI is InChI=1S/C10H14BBr/c1-10(2,3)7-4-8(11)6-9(12)5-7/h4-6H,11H2,1-3H3. The second-order valence-electron chi connectivity index (χ2n) is 4.27. The molecule has 0 atom stereocenters. The smallest absolute Gasteiger partial charge is 0.0876 e. The highest BCUT2D eigenvalue weighted by Gasteiger charge is 2.13. The number of rotatable bonds is 0. The molecule has 0 nitrogen and oxygen atoms in total. The Morgan fingerprint density at radius 2 is 1.75 bits per heavy atom. The van der Waals surface area contributed by atoms with Crippen LogP contribution in [0.25, 0.3) is 0 Å². The Bertz CT molecular complexity index is 266. The van der Waals surface area contributed by atoms with Crippen LogP contribution in [0.2, 0.25) is 0 Å². The fraction of sp³-hybridized carbons (Fsp3) is 0.400. The van der Waals surface area contributed by atoms with Gasteiger partial charge in [-0.05, 0) is 17.0 Å². The van der Waals surface area contributed by atoms with Gasteiger partial charge in [0.1, 0.15) is 7.85 Å². The second kappa shape index (κ2) is 3.25. The Hall–Kier alpha value is -0.235. The Morgan fingerprint density at radius 3 is 2.17 bits per heavy atom. The number of hydrogen-bond acceptors (Lipinski definition) is 0. The quantitative estimate of drug-likeness (QED) is 0.592. The molecule has 0 amide bonds. The molecule has 0 fully saturated rings. The lowest BCUT2D eigenvalue weighted by molar-refractivity contribution is 0.590. The lowest BCUT2D eigenvalue weighted by Gasteiger charge is -2.19. The summed E-state index contributed by atoms with van der Waals surface area (Å²) in [5.41, 5.74) is 2.94. The number of halogens is 1. The van der Waals surface area contributed by atoms with Gasteiger partial charge >= 0.3 is 0 Å². The molecule has 0 aromatic heterocycles. The molecule has 0 heterocycles. The summed E-state index contributed by atoms with van der Waals surface area (Å²) < 4.78 is 1.17. The summed E-state index contributed by atoms with van der Waals surface area (Å²) in [5, 5.41) is 0. The van der Waals surface area contributed by atoms with E-state index >= 15 is 0 Å². The van der Waals surface area contributed by atoms with E-state index < -0.39 is 0 Å². The van der Waals surface area contributed by atoms with Gasteiger partial charge in [-0.2, -0.15) is 0 Å². The fourth-order valence-corrected chi connectivity index (χ4v) is 1.78. The van der Waals surface area contributed by atoms with Crippen molar-refractivity contribution in [3.05, 3.63) is 28.2 Å². The largest absolute Gasteiger partial charge is 0.139 e. The zero-order valence-corrected chi connectivity index (χ0v) is 9.70. The van der Waals surface area contributed by atoms with Gasteiger partial charge in [0.2, 0.25) is 0 Å². The van der Waals surface area contributed by atoms with E-state index in [0.717, 1.165) is 0 Å². The Kier molecular flexibility index (Phi) is 2.67. The van der Waals surface area contributed by atoms with Crippen molar-refractivity contribution in [3.8, 4) is 0 Å². The lowest BCUT2D eigenvalue weighted by atomic mass is 9.83. The maximum absolute atomic E-state index is 3.51. The van der Waals surface area contributed by atoms with Gasteiger partial charge in [-0.15, -0.1) is 0 Å². The SMILES string of the molecule is Bc1cc(Br)cc(C(C)(C)C)c1. The second-order valence-corrected chi connectivity index (χ2v) is 5.18. The predicted molar refractivity (Wildman–Crippen MR) is 61.0 cm³/mol. The van der Waals surface area contributed by atoms with Crippen LogP contribution in [0.4, 0.5) is 0 Å². The summed E-state index contributed by atoms with van der Waals surface area (Å²) in [4.78, 5) is 0. The molecule has 0 unspecified atom stereocenters. The van der Waals surface area contributed by atoms with Crippen molar-refractivity contribution < 1.29 is 0 Å². The van der Waals surface area contributed by atoms with E-state index in [1.165, 1.54) is 15.5 Å². The average molecular weight is 225 g/mol. The molecule has 0 saturated heterocycles. The van der Waals surface area contributed by atoms with E-state index in [-0.39, 0.29) is 5.41 Å². The van der Waals surface area contributed by atoms with E-state index in [4.69, 9.17) is 0 Å². The Balaban J connectivity index is 3.18. The zero-order chi connectivity index (χ0) is 9.35. The van der Waals surface area contributed by atoms with Crippen molar-refractivity contribution in [1.82, 2.24) is 0 Å². The van der Waals surface area contributed by atoms with Crippen LogP contribution in [-0.2, 0) is 5.41 Å². The Labute approximate surface area is 83.9 Å². The summed E-state index contributed by atoms with van der Waals surface area (Å²) in [6.07, 6.45) is 0. The molecule has 1 rings (SSSR count). The summed E-state index contributed by atoms with van der Waals surface area (Å²) >= 11 is 3.51. The Morgan fingerprint density at radius 1 is 1.17 bits per heavy atom. The predicted octanol–water partition coefficient (Wildman–Crippen LogP) is 2.00.